The Morgan fingerprint density at radius 2 is 1.74 bits per heavy atom. The molecule has 120 valence electrons. The van der Waals surface area contributed by atoms with Crippen LogP contribution in [0.15, 0.2) is 36.7 Å². The number of morpholine rings is 1. The summed E-state index contributed by atoms with van der Waals surface area (Å²) in [6.45, 7) is 3.51. The molecule has 2 aromatic rings. The minimum atomic E-state index is 0.588. The Balaban J connectivity index is 1.41. The molecule has 2 heterocycles. The number of hydrogen-bond donors (Lipinski definition) is 2. The Labute approximate surface area is 135 Å². The molecule has 1 aromatic carbocycles. The molecular formula is C17H21N5O. The zero-order valence-corrected chi connectivity index (χ0v) is 13.0. The Morgan fingerprint density at radius 3 is 2.48 bits per heavy atom. The fourth-order valence-electron chi connectivity index (χ4n) is 2.67. The second-order valence-electron chi connectivity index (χ2n) is 5.98. The van der Waals surface area contributed by atoms with Gasteiger partial charge in [-0.3, -0.25) is 0 Å². The number of rotatable bonds is 5. The number of benzene rings is 1. The second-order valence-corrected chi connectivity index (χ2v) is 5.98. The number of ether oxygens (including phenoxy) is 1. The molecule has 6 heteroatoms. The van der Waals surface area contributed by atoms with Crippen molar-refractivity contribution in [2.24, 2.45) is 0 Å². The van der Waals surface area contributed by atoms with Crippen LogP contribution in [-0.4, -0.2) is 42.3 Å². The summed E-state index contributed by atoms with van der Waals surface area (Å²) < 4.78 is 5.39. The van der Waals surface area contributed by atoms with Gasteiger partial charge in [0.05, 0.1) is 13.2 Å². The number of nitrogens with one attached hydrogen (secondary N) is 2. The molecule has 1 aromatic heterocycles. The molecule has 23 heavy (non-hydrogen) atoms. The van der Waals surface area contributed by atoms with Gasteiger partial charge in [0, 0.05) is 36.6 Å². The highest BCUT2D eigenvalue weighted by Gasteiger charge is 2.21. The molecule has 0 bridgehead atoms. The van der Waals surface area contributed by atoms with E-state index in [4.69, 9.17) is 4.74 Å². The molecule has 2 aliphatic rings. The summed E-state index contributed by atoms with van der Waals surface area (Å²) in [4.78, 5) is 10.9. The summed E-state index contributed by atoms with van der Waals surface area (Å²) >= 11 is 0. The maximum atomic E-state index is 5.39. The Kier molecular flexibility index (Phi) is 3.98. The summed E-state index contributed by atoms with van der Waals surface area (Å²) in [5.74, 6) is 1.69. The van der Waals surface area contributed by atoms with E-state index in [1.165, 1.54) is 18.5 Å². The van der Waals surface area contributed by atoms with Crippen LogP contribution in [0, 0.1) is 0 Å². The van der Waals surface area contributed by atoms with Gasteiger partial charge >= 0.3 is 0 Å². The fourth-order valence-corrected chi connectivity index (χ4v) is 2.67. The van der Waals surface area contributed by atoms with Crippen molar-refractivity contribution >= 4 is 23.0 Å². The minimum Gasteiger partial charge on any atom is -0.378 e. The van der Waals surface area contributed by atoms with E-state index in [1.807, 2.05) is 6.07 Å². The van der Waals surface area contributed by atoms with Crippen LogP contribution in [0.5, 0.6) is 0 Å². The molecule has 1 saturated carbocycles. The normalized spacial score (nSPS) is 17.8. The molecule has 0 spiro atoms. The van der Waals surface area contributed by atoms with Crippen molar-refractivity contribution < 1.29 is 4.74 Å². The zero-order valence-electron chi connectivity index (χ0n) is 13.0. The lowest BCUT2D eigenvalue weighted by Crippen LogP contribution is -2.36. The fraction of sp³-hybridized carbons (Fsp3) is 0.412. The van der Waals surface area contributed by atoms with E-state index in [0.29, 0.717) is 6.04 Å². The van der Waals surface area contributed by atoms with E-state index in [9.17, 15) is 0 Å². The van der Waals surface area contributed by atoms with Crippen molar-refractivity contribution in [3.05, 3.63) is 36.7 Å². The molecule has 0 amide bonds. The third-order valence-electron chi connectivity index (χ3n) is 4.11. The minimum absolute atomic E-state index is 0.588. The van der Waals surface area contributed by atoms with Crippen LogP contribution in [0.1, 0.15) is 12.8 Å². The number of hydrogen-bond acceptors (Lipinski definition) is 6. The van der Waals surface area contributed by atoms with E-state index in [-0.39, 0.29) is 0 Å². The number of aromatic nitrogens is 2. The summed E-state index contributed by atoms with van der Waals surface area (Å²) in [6, 6.07) is 11.0. The molecule has 2 fully saturated rings. The molecule has 0 unspecified atom stereocenters. The highest BCUT2D eigenvalue weighted by atomic mass is 16.5. The zero-order chi connectivity index (χ0) is 15.5. The van der Waals surface area contributed by atoms with Gasteiger partial charge in [-0.15, -0.1) is 0 Å². The third kappa shape index (κ3) is 3.71. The highest BCUT2D eigenvalue weighted by Crippen LogP contribution is 2.25. The second kappa shape index (κ2) is 6.42. The first kappa shape index (κ1) is 14.3. The van der Waals surface area contributed by atoms with Gasteiger partial charge in [-0.2, -0.15) is 0 Å². The van der Waals surface area contributed by atoms with Crippen LogP contribution in [-0.2, 0) is 4.74 Å². The van der Waals surface area contributed by atoms with Crippen molar-refractivity contribution in [3.63, 3.8) is 0 Å². The lowest BCUT2D eigenvalue weighted by Gasteiger charge is -2.28. The van der Waals surface area contributed by atoms with Crippen molar-refractivity contribution in [1.29, 1.82) is 0 Å². The molecule has 1 aliphatic heterocycles. The van der Waals surface area contributed by atoms with Gasteiger partial charge in [-0.05, 0) is 37.1 Å². The Bertz CT molecular complexity index is 650. The van der Waals surface area contributed by atoms with E-state index >= 15 is 0 Å². The van der Waals surface area contributed by atoms with Crippen molar-refractivity contribution in [2.75, 3.05) is 41.8 Å². The molecule has 4 rings (SSSR count). The first-order valence-electron chi connectivity index (χ1n) is 8.15. The van der Waals surface area contributed by atoms with Crippen LogP contribution in [0.2, 0.25) is 0 Å². The molecule has 2 N–H and O–H groups in total. The van der Waals surface area contributed by atoms with Gasteiger partial charge in [0.25, 0.3) is 0 Å². The SMILES string of the molecule is c1nc(Nc2ccc(N3CCOCC3)cc2)cc(NC2CC2)n1. The van der Waals surface area contributed by atoms with Gasteiger partial charge in [-0.1, -0.05) is 0 Å². The predicted octanol–water partition coefficient (Wildman–Crippen LogP) is 2.63. The molecule has 0 radical (unpaired) electrons. The van der Waals surface area contributed by atoms with Crippen LogP contribution in [0.4, 0.5) is 23.0 Å². The van der Waals surface area contributed by atoms with Gasteiger partial charge < -0.3 is 20.3 Å². The average Bonchev–Trinajstić information content (AvgIpc) is 3.41. The summed E-state index contributed by atoms with van der Waals surface area (Å²) in [5.41, 5.74) is 2.26. The smallest absolute Gasteiger partial charge is 0.135 e. The maximum absolute atomic E-state index is 5.39. The Morgan fingerprint density at radius 1 is 1.00 bits per heavy atom. The van der Waals surface area contributed by atoms with Crippen molar-refractivity contribution in [2.45, 2.75) is 18.9 Å². The lowest BCUT2D eigenvalue weighted by atomic mass is 10.2. The van der Waals surface area contributed by atoms with E-state index < -0.39 is 0 Å². The molecule has 6 nitrogen and oxygen atoms in total. The molecule has 1 saturated heterocycles. The van der Waals surface area contributed by atoms with E-state index in [1.54, 1.807) is 6.33 Å². The number of nitrogens with zero attached hydrogens (tertiary/aromatic N) is 3. The molecular weight excluding hydrogens is 290 g/mol. The quantitative estimate of drug-likeness (QED) is 0.885. The lowest BCUT2D eigenvalue weighted by molar-refractivity contribution is 0.122. The summed E-state index contributed by atoms with van der Waals surface area (Å²) in [5, 5.41) is 6.72. The largest absolute Gasteiger partial charge is 0.378 e. The van der Waals surface area contributed by atoms with E-state index in [0.717, 1.165) is 43.6 Å². The highest BCUT2D eigenvalue weighted by molar-refractivity contribution is 5.62. The topological polar surface area (TPSA) is 62.3 Å². The van der Waals surface area contributed by atoms with Crippen LogP contribution >= 0.6 is 0 Å². The summed E-state index contributed by atoms with van der Waals surface area (Å²) in [6.07, 6.45) is 4.06. The van der Waals surface area contributed by atoms with Crippen molar-refractivity contribution in [1.82, 2.24) is 9.97 Å². The molecule has 1 aliphatic carbocycles. The summed E-state index contributed by atoms with van der Waals surface area (Å²) in [7, 11) is 0. The van der Waals surface area contributed by atoms with Crippen LogP contribution in [0.25, 0.3) is 0 Å². The first-order chi connectivity index (χ1) is 11.4. The van der Waals surface area contributed by atoms with Gasteiger partial charge in [0.1, 0.15) is 18.0 Å². The number of anilines is 4. The standard InChI is InChI=1S/C17H21N5O/c1-2-13(1)20-16-11-17(19-12-18-16)21-14-3-5-15(6-4-14)22-7-9-23-10-8-22/h3-6,11-13H,1-2,7-10H2,(H2,18,19,20,21). The maximum Gasteiger partial charge on any atom is 0.135 e. The van der Waals surface area contributed by atoms with Crippen molar-refractivity contribution in [3.8, 4) is 0 Å². The van der Waals surface area contributed by atoms with Gasteiger partial charge in [0.15, 0.2) is 0 Å². The van der Waals surface area contributed by atoms with Crippen LogP contribution in [0.3, 0.4) is 0 Å². The monoisotopic (exact) mass is 311 g/mol. The first-order valence-corrected chi connectivity index (χ1v) is 8.15. The third-order valence-corrected chi connectivity index (χ3v) is 4.11. The van der Waals surface area contributed by atoms with Crippen LogP contribution < -0.4 is 15.5 Å². The molecule has 0 atom stereocenters. The average molecular weight is 311 g/mol. The van der Waals surface area contributed by atoms with Gasteiger partial charge in [0.2, 0.25) is 0 Å². The van der Waals surface area contributed by atoms with Gasteiger partial charge in [-0.25, -0.2) is 9.97 Å². The van der Waals surface area contributed by atoms with E-state index in [2.05, 4.69) is 49.8 Å². The predicted molar refractivity (Wildman–Crippen MR) is 91.4 cm³/mol. The Hall–Kier alpha value is -2.34.